The molecule has 0 saturated carbocycles. The van der Waals surface area contributed by atoms with Crippen LogP contribution in [-0.4, -0.2) is 64.5 Å². The first-order chi connectivity index (χ1) is 18.8. The van der Waals surface area contributed by atoms with Gasteiger partial charge < -0.3 is 29.4 Å². The third-order valence-electron chi connectivity index (χ3n) is 5.52. The van der Waals surface area contributed by atoms with Crippen molar-refractivity contribution < 1.29 is 33.2 Å². The Morgan fingerprint density at radius 3 is 2.64 bits per heavy atom. The Hall–Kier alpha value is -4.36. The van der Waals surface area contributed by atoms with E-state index in [0.717, 1.165) is 0 Å². The summed E-state index contributed by atoms with van der Waals surface area (Å²) in [6, 6.07) is 7.12. The number of carbonyl (C=O) groups excluding carboxylic acids is 1. The molecule has 39 heavy (non-hydrogen) atoms. The van der Waals surface area contributed by atoms with Gasteiger partial charge in [-0.15, -0.1) is 0 Å². The maximum atomic E-state index is 14.6. The first-order valence-corrected chi connectivity index (χ1v) is 12.0. The Morgan fingerprint density at radius 2 is 1.92 bits per heavy atom. The van der Waals surface area contributed by atoms with Gasteiger partial charge in [-0.1, -0.05) is 17.7 Å². The van der Waals surface area contributed by atoms with Crippen LogP contribution in [0.4, 0.5) is 4.39 Å². The minimum absolute atomic E-state index is 0.0482. The molecule has 0 aliphatic carbocycles. The molecule has 0 saturated heterocycles. The summed E-state index contributed by atoms with van der Waals surface area (Å²) in [5.41, 5.74) is 0.179. The number of fused-ring (bicyclic) bond motifs is 1. The summed E-state index contributed by atoms with van der Waals surface area (Å²) in [4.78, 5) is 36.3. The number of carbonyl (C=O) groups is 1. The number of aryl methyl sites for hydroxylation is 1. The number of aliphatic hydroxyl groups excluding tert-OH is 1. The van der Waals surface area contributed by atoms with Crippen molar-refractivity contribution in [2.24, 2.45) is 0 Å². The van der Waals surface area contributed by atoms with E-state index >= 15 is 0 Å². The third-order valence-corrected chi connectivity index (χ3v) is 5.83. The van der Waals surface area contributed by atoms with Crippen molar-refractivity contribution in [1.82, 2.24) is 24.8 Å². The normalized spacial score (nSPS) is 10.9. The SMILES string of the molecule is COc1cccc(F)c1COc1cc(-n2c(=O)[nH]c3c(OC)nc(C)nc32)c(Cl)cc1OCC(=O)NCCO. The summed E-state index contributed by atoms with van der Waals surface area (Å²) in [5.74, 6) is -0.175. The number of methoxy groups -OCH3 is 2. The number of benzene rings is 2. The van der Waals surface area contributed by atoms with Crippen molar-refractivity contribution in [2.45, 2.75) is 13.5 Å². The van der Waals surface area contributed by atoms with Crippen LogP contribution >= 0.6 is 11.6 Å². The quantitative estimate of drug-likeness (QED) is 0.251. The van der Waals surface area contributed by atoms with Crippen molar-refractivity contribution in [3.8, 4) is 28.8 Å². The molecule has 2 heterocycles. The van der Waals surface area contributed by atoms with Crippen molar-refractivity contribution in [3.63, 3.8) is 0 Å². The fourth-order valence-electron chi connectivity index (χ4n) is 3.77. The Labute approximate surface area is 226 Å². The highest BCUT2D eigenvalue weighted by Gasteiger charge is 2.21. The van der Waals surface area contributed by atoms with Gasteiger partial charge in [0.05, 0.1) is 37.1 Å². The molecule has 4 rings (SSSR count). The minimum Gasteiger partial charge on any atom is -0.496 e. The molecule has 14 heteroatoms. The number of aromatic amines is 1. The lowest BCUT2D eigenvalue weighted by Crippen LogP contribution is -2.31. The number of hydrogen-bond donors (Lipinski definition) is 3. The number of H-pyrrole nitrogens is 1. The lowest BCUT2D eigenvalue weighted by molar-refractivity contribution is -0.123. The Kier molecular flexibility index (Phi) is 8.52. The number of nitrogens with zero attached hydrogens (tertiary/aromatic N) is 3. The molecule has 0 aliphatic rings. The second-order valence-electron chi connectivity index (χ2n) is 8.07. The lowest BCUT2D eigenvalue weighted by Gasteiger charge is -2.17. The largest absolute Gasteiger partial charge is 0.496 e. The van der Waals surface area contributed by atoms with Gasteiger partial charge in [-0.2, -0.15) is 4.98 Å². The highest BCUT2D eigenvalue weighted by Crippen LogP contribution is 2.37. The van der Waals surface area contributed by atoms with Crippen LogP contribution in [-0.2, 0) is 11.4 Å². The van der Waals surface area contributed by atoms with Gasteiger partial charge in [0.15, 0.2) is 23.8 Å². The van der Waals surface area contributed by atoms with Crippen molar-refractivity contribution in [3.05, 3.63) is 63.0 Å². The van der Waals surface area contributed by atoms with Crippen molar-refractivity contribution in [2.75, 3.05) is 34.0 Å². The first kappa shape index (κ1) is 27.7. The van der Waals surface area contributed by atoms with Gasteiger partial charge in [0.2, 0.25) is 5.88 Å². The van der Waals surface area contributed by atoms with Gasteiger partial charge in [0.1, 0.15) is 29.5 Å². The molecule has 1 amide bonds. The van der Waals surface area contributed by atoms with E-state index in [1.54, 1.807) is 13.0 Å². The highest BCUT2D eigenvalue weighted by atomic mass is 35.5. The van der Waals surface area contributed by atoms with Crippen LogP contribution in [0.5, 0.6) is 23.1 Å². The van der Waals surface area contributed by atoms with Crippen LogP contribution in [0.25, 0.3) is 16.9 Å². The van der Waals surface area contributed by atoms with E-state index in [9.17, 15) is 14.0 Å². The Morgan fingerprint density at radius 1 is 1.15 bits per heavy atom. The smallest absolute Gasteiger partial charge is 0.332 e. The predicted molar refractivity (Wildman–Crippen MR) is 139 cm³/mol. The molecule has 12 nitrogen and oxygen atoms in total. The lowest BCUT2D eigenvalue weighted by atomic mass is 10.2. The monoisotopic (exact) mass is 561 g/mol. The molecule has 206 valence electrons. The van der Waals surface area contributed by atoms with Crippen molar-refractivity contribution >= 4 is 28.7 Å². The first-order valence-electron chi connectivity index (χ1n) is 11.6. The predicted octanol–water partition coefficient (Wildman–Crippen LogP) is 2.29. The van der Waals surface area contributed by atoms with Crippen LogP contribution in [0.1, 0.15) is 11.4 Å². The molecular weight excluding hydrogens is 537 g/mol. The number of halogens is 2. The molecule has 0 unspecified atom stereocenters. The summed E-state index contributed by atoms with van der Waals surface area (Å²) in [7, 11) is 2.81. The summed E-state index contributed by atoms with van der Waals surface area (Å²) in [6.07, 6.45) is 0. The van der Waals surface area contributed by atoms with Crippen LogP contribution in [0, 0.1) is 12.7 Å². The van der Waals surface area contributed by atoms with Crippen LogP contribution < -0.4 is 30.0 Å². The number of ether oxygens (including phenoxy) is 4. The third kappa shape index (κ3) is 5.89. The highest BCUT2D eigenvalue weighted by molar-refractivity contribution is 6.32. The average molecular weight is 562 g/mol. The topological polar surface area (TPSA) is 150 Å². The second-order valence-corrected chi connectivity index (χ2v) is 8.47. The minimum atomic E-state index is -0.580. The molecule has 0 aliphatic heterocycles. The van der Waals surface area contributed by atoms with Gasteiger partial charge in [-0.3, -0.25) is 9.78 Å². The number of imidazole rings is 1. The van der Waals surface area contributed by atoms with E-state index in [-0.39, 0.29) is 70.3 Å². The average Bonchev–Trinajstić information content (AvgIpc) is 3.25. The summed E-state index contributed by atoms with van der Waals surface area (Å²) >= 11 is 6.57. The molecule has 4 aromatic rings. The Balaban J connectivity index is 1.79. The molecule has 0 spiro atoms. The van der Waals surface area contributed by atoms with Crippen molar-refractivity contribution in [1.29, 1.82) is 0 Å². The molecule has 0 bridgehead atoms. The van der Waals surface area contributed by atoms with E-state index < -0.39 is 24.0 Å². The number of nitrogens with one attached hydrogen (secondary N) is 2. The number of aliphatic hydroxyl groups is 1. The summed E-state index contributed by atoms with van der Waals surface area (Å²) in [5, 5.41) is 11.4. The summed E-state index contributed by atoms with van der Waals surface area (Å²) < 4.78 is 37.8. The zero-order valence-electron chi connectivity index (χ0n) is 21.2. The maximum absolute atomic E-state index is 14.6. The van der Waals surface area contributed by atoms with Crippen LogP contribution in [0.15, 0.2) is 35.1 Å². The fraction of sp³-hybridized carbons (Fsp3) is 0.280. The zero-order chi connectivity index (χ0) is 28.1. The van der Waals surface area contributed by atoms with Gasteiger partial charge in [0, 0.05) is 18.7 Å². The van der Waals surface area contributed by atoms with Gasteiger partial charge in [0.25, 0.3) is 5.91 Å². The van der Waals surface area contributed by atoms with Gasteiger partial charge in [-0.25, -0.2) is 18.7 Å². The van der Waals surface area contributed by atoms with E-state index in [1.165, 1.54) is 43.1 Å². The number of amides is 1. The van der Waals surface area contributed by atoms with Crippen LogP contribution in [0.2, 0.25) is 5.02 Å². The summed E-state index contributed by atoms with van der Waals surface area (Å²) in [6.45, 7) is 0.749. The molecule has 0 fully saturated rings. The second kappa shape index (κ2) is 12.0. The van der Waals surface area contributed by atoms with E-state index in [2.05, 4.69) is 20.3 Å². The molecule has 2 aromatic heterocycles. The Bertz CT molecular complexity index is 1570. The number of rotatable bonds is 11. The molecular formula is C25H25ClFN5O7. The molecule has 0 radical (unpaired) electrons. The molecule has 0 atom stereocenters. The van der Waals surface area contributed by atoms with Gasteiger partial charge in [-0.05, 0) is 19.1 Å². The van der Waals surface area contributed by atoms with Gasteiger partial charge >= 0.3 is 5.69 Å². The standard InChI is InChI=1S/C25H25ClFN5O7/c1-13-29-23-22(24(30-13)37-3)31-25(35)32(23)17-10-20(38-11-14-16(27)5-4-6-18(14)36-2)19(9-15(17)26)39-12-21(34)28-7-8-33/h4-6,9-10,33H,7-8,11-12H2,1-3H3,(H,28,34)(H,31,35). The van der Waals surface area contributed by atoms with Crippen LogP contribution in [0.3, 0.4) is 0 Å². The fourth-order valence-corrected chi connectivity index (χ4v) is 4.00. The molecule has 2 aromatic carbocycles. The number of aromatic nitrogens is 4. The van der Waals surface area contributed by atoms with E-state index in [1.807, 2.05) is 0 Å². The maximum Gasteiger partial charge on any atom is 0.332 e. The van der Waals surface area contributed by atoms with E-state index in [0.29, 0.717) is 5.82 Å². The molecule has 3 N–H and O–H groups in total. The van der Waals surface area contributed by atoms with E-state index in [4.69, 9.17) is 35.7 Å². The zero-order valence-corrected chi connectivity index (χ0v) is 22.0. The number of hydrogen-bond acceptors (Lipinski definition) is 9.